The SMILES string of the molecule is COC(=O)CCCC1(c2ccccc2)C23c4c5ccc6c4-c4c7c8c9c(c%10c%11c2c-5ccc%11c2cc5c%11cc%12cc%13c%14c%15c(cc(c4c%15c8c4c%14c%12c8c%11c5c(c2%10)c9c84)C6)C%13)C713. The van der Waals surface area contributed by atoms with Gasteiger partial charge in [-0.2, -0.15) is 0 Å². The number of esters is 1. The van der Waals surface area contributed by atoms with Crippen molar-refractivity contribution in [3.8, 4) is 22.3 Å². The molecule has 0 saturated heterocycles. The Morgan fingerprint density at radius 1 is 0.484 bits per heavy atom. The van der Waals surface area contributed by atoms with Crippen LogP contribution in [0.25, 0.3) is 152 Å². The van der Waals surface area contributed by atoms with Gasteiger partial charge in [-0.25, -0.2) is 0 Å². The zero-order chi connectivity index (χ0) is 38.9. The maximum Gasteiger partial charge on any atom is 0.305 e. The van der Waals surface area contributed by atoms with Gasteiger partial charge < -0.3 is 4.74 Å². The highest BCUT2D eigenvalue weighted by Crippen LogP contribution is 2.96. The number of rotatable bonds is 5. The van der Waals surface area contributed by atoms with E-state index in [1.54, 1.807) is 132 Å². The van der Waals surface area contributed by atoms with Crippen LogP contribution in [-0.2, 0) is 38.6 Å². The molecule has 7 aliphatic carbocycles. The predicted octanol–water partition coefficient (Wildman–Crippen LogP) is 14.0. The molecule has 278 valence electrons. The van der Waals surface area contributed by atoms with E-state index >= 15 is 0 Å². The van der Waals surface area contributed by atoms with Crippen LogP contribution in [0.4, 0.5) is 0 Å². The highest BCUT2D eigenvalue weighted by molar-refractivity contribution is 6.65. The van der Waals surface area contributed by atoms with Crippen molar-refractivity contribution in [2.45, 2.75) is 48.3 Å². The van der Waals surface area contributed by atoms with Crippen LogP contribution in [0.1, 0.15) is 69.3 Å². The van der Waals surface area contributed by atoms with Gasteiger partial charge in [0.1, 0.15) is 0 Å². The molecule has 0 amide bonds. The minimum atomic E-state index is -0.320. The molecule has 1 saturated carbocycles. The Morgan fingerprint density at radius 2 is 1.10 bits per heavy atom. The first-order valence-electron chi connectivity index (χ1n) is 23.0. The van der Waals surface area contributed by atoms with E-state index in [9.17, 15) is 4.79 Å². The van der Waals surface area contributed by atoms with Crippen molar-refractivity contribution in [3.05, 3.63) is 129 Å². The van der Waals surface area contributed by atoms with Gasteiger partial charge in [-0.3, -0.25) is 4.79 Å². The Bertz CT molecular complexity index is 4930. The van der Waals surface area contributed by atoms with E-state index in [1.807, 2.05) is 0 Å². The molecule has 3 unspecified atom stereocenters. The van der Waals surface area contributed by atoms with Gasteiger partial charge in [-0.1, -0.05) is 66.7 Å². The van der Waals surface area contributed by atoms with Gasteiger partial charge in [-0.15, -0.1) is 0 Å². The van der Waals surface area contributed by atoms with Gasteiger partial charge in [0.25, 0.3) is 0 Å². The van der Waals surface area contributed by atoms with Gasteiger partial charge in [0.05, 0.1) is 7.11 Å². The van der Waals surface area contributed by atoms with Crippen molar-refractivity contribution in [1.29, 1.82) is 0 Å². The Hall–Kier alpha value is -7.03. The fourth-order valence-electron chi connectivity index (χ4n) is 19.3. The minimum Gasteiger partial charge on any atom is -0.469 e. The molecule has 0 radical (unpaired) electrons. The maximum absolute atomic E-state index is 13.2. The molecular weight excluding hydrogens is 753 g/mol. The van der Waals surface area contributed by atoms with Crippen LogP contribution >= 0.6 is 0 Å². The van der Waals surface area contributed by atoms with Crippen LogP contribution in [0.15, 0.2) is 78.9 Å². The van der Waals surface area contributed by atoms with E-state index in [1.165, 1.54) is 76.5 Å². The molecule has 2 spiro atoms. The lowest BCUT2D eigenvalue weighted by molar-refractivity contribution is -0.140. The van der Waals surface area contributed by atoms with Crippen LogP contribution in [0.3, 0.4) is 0 Å². The molecule has 0 aliphatic heterocycles. The normalized spacial score (nSPS) is 23.6. The van der Waals surface area contributed by atoms with E-state index < -0.39 is 0 Å². The van der Waals surface area contributed by atoms with Gasteiger partial charge in [-0.05, 0) is 239 Å². The van der Waals surface area contributed by atoms with E-state index in [0.29, 0.717) is 6.42 Å². The minimum absolute atomic E-state index is 0.101. The molecule has 2 nitrogen and oxygen atoms in total. The van der Waals surface area contributed by atoms with Crippen molar-refractivity contribution in [2.24, 2.45) is 0 Å². The van der Waals surface area contributed by atoms with E-state index in [2.05, 4.69) is 78.9 Å². The van der Waals surface area contributed by atoms with Crippen molar-refractivity contribution in [1.82, 2.24) is 0 Å². The molecule has 7 aliphatic rings. The lowest BCUT2D eigenvalue weighted by atomic mass is 9.63. The largest absolute Gasteiger partial charge is 0.469 e. The van der Waals surface area contributed by atoms with Gasteiger partial charge >= 0.3 is 5.97 Å². The number of hydrogen-bond donors (Lipinski definition) is 0. The van der Waals surface area contributed by atoms with Gasteiger partial charge in [0, 0.05) is 22.7 Å². The fraction of sp³-hybridized carbons (Fsp3) is 0.150. The number of carbonyl (C=O) groups excluding carboxylic acids is 1. The summed E-state index contributed by atoms with van der Waals surface area (Å²) in [5.41, 5.74) is 19.2. The standard InChI is InChI=1S/C60H26O2/c1-62-32(61)8-5-13-58(25-6-3-2-4-7-25)59-54-27-10-9-20-14-21-15-22-16-23-17-24-18-29-31-19-30-26-11-12-28(27)55(59)41(26)51-40(30)45-39(31)38(29)44-35(24)42-33(23)34(22)43-36(21)50(37(20)54)56-52-48(43)46(42)47(44)49(45)53(52)57(51)60(56,58)59/h2-4,6-7,9-12,15,17-19H,5,8,13-14,16H2,1H3. The number of hydrogen-bond acceptors (Lipinski definition) is 2. The Balaban J connectivity index is 1.16. The van der Waals surface area contributed by atoms with Crippen LogP contribution in [-0.4, -0.2) is 13.1 Å². The smallest absolute Gasteiger partial charge is 0.305 e. The second-order valence-electron chi connectivity index (χ2n) is 21.2. The van der Waals surface area contributed by atoms with Crippen molar-refractivity contribution >= 4 is 135 Å². The third kappa shape index (κ3) is 1.89. The quantitative estimate of drug-likeness (QED) is 0.0988. The van der Waals surface area contributed by atoms with E-state index in [4.69, 9.17) is 4.74 Å². The molecule has 1 fully saturated rings. The zero-order valence-electron chi connectivity index (χ0n) is 33.4. The molecular formula is C60H26O2. The highest BCUT2D eigenvalue weighted by atomic mass is 16.5. The first kappa shape index (κ1) is 27.7. The lowest BCUT2D eigenvalue weighted by Crippen LogP contribution is -2.29. The van der Waals surface area contributed by atoms with Crippen LogP contribution in [0.2, 0.25) is 0 Å². The first-order valence-corrected chi connectivity index (χ1v) is 23.0. The maximum atomic E-state index is 13.2. The zero-order valence-corrected chi connectivity index (χ0v) is 33.4. The van der Waals surface area contributed by atoms with Crippen molar-refractivity contribution in [3.63, 3.8) is 0 Å². The number of ether oxygens (including phenoxy) is 1. The lowest BCUT2D eigenvalue weighted by Gasteiger charge is -2.38. The summed E-state index contributed by atoms with van der Waals surface area (Å²) in [5, 5.41) is 37.1. The molecule has 0 bridgehead atoms. The average Bonchev–Trinajstić information content (AvgIpc) is 3.88. The molecule has 0 heterocycles. The Labute approximate surface area is 349 Å². The number of benzene rings is 12. The third-order valence-electron chi connectivity index (χ3n) is 20.2. The molecule has 15 aromatic carbocycles. The fourth-order valence-corrected chi connectivity index (χ4v) is 19.3. The first-order chi connectivity index (χ1) is 30.7. The molecule has 0 N–H and O–H groups in total. The summed E-state index contributed by atoms with van der Waals surface area (Å²) < 4.78 is 5.41. The van der Waals surface area contributed by atoms with Crippen LogP contribution in [0, 0.1) is 0 Å². The summed E-state index contributed by atoms with van der Waals surface area (Å²) in [6.07, 6.45) is 4.14. The molecule has 62 heavy (non-hydrogen) atoms. The second kappa shape index (κ2) is 7.31. The Morgan fingerprint density at radius 3 is 1.95 bits per heavy atom. The predicted molar refractivity (Wildman–Crippen MR) is 252 cm³/mol. The van der Waals surface area contributed by atoms with E-state index in [-0.39, 0.29) is 22.2 Å². The van der Waals surface area contributed by atoms with Gasteiger partial charge in [0.15, 0.2) is 0 Å². The summed E-state index contributed by atoms with van der Waals surface area (Å²) >= 11 is 0. The highest BCUT2D eigenvalue weighted by Gasteiger charge is 2.94. The van der Waals surface area contributed by atoms with Gasteiger partial charge in [0.2, 0.25) is 0 Å². The monoisotopic (exact) mass is 778 g/mol. The van der Waals surface area contributed by atoms with Crippen molar-refractivity contribution in [2.75, 3.05) is 7.11 Å². The molecule has 2 heteroatoms. The number of carbonyl (C=O) groups is 1. The van der Waals surface area contributed by atoms with Crippen LogP contribution < -0.4 is 0 Å². The molecule has 22 rings (SSSR count). The molecule has 3 atom stereocenters. The topological polar surface area (TPSA) is 26.3 Å². The summed E-state index contributed by atoms with van der Waals surface area (Å²) in [7, 11) is 1.56. The summed E-state index contributed by atoms with van der Waals surface area (Å²) in [5.74, 6) is -0.101. The molecule has 0 aromatic heterocycles. The third-order valence-corrected chi connectivity index (χ3v) is 20.2. The Kier molecular flexibility index (Phi) is 3.27. The summed E-state index contributed by atoms with van der Waals surface area (Å²) in [6.45, 7) is 0. The van der Waals surface area contributed by atoms with Crippen molar-refractivity contribution < 1.29 is 9.53 Å². The average molecular weight is 779 g/mol. The molecule has 15 aromatic rings. The summed E-state index contributed by atoms with van der Waals surface area (Å²) in [6, 6.07) is 32.5. The van der Waals surface area contributed by atoms with E-state index in [0.717, 1.165) is 25.7 Å². The van der Waals surface area contributed by atoms with Crippen LogP contribution in [0.5, 0.6) is 0 Å². The number of methoxy groups -OCH3 is 1. The summed E-state index contributed by atoms with van der Waals surface area (Å²) in [4.78, 5) is 13.2. The number of fused-ring (bicyclic) bond motifs is 3. The second-order valence-corrected chi connectivity index (χ2v) is 21.2.